The molecule has 0 bridgehead atoms. The van der Waals surface area contributed by atoms with Crippen LogP contribution in [0.1, 0.15) is 48.3 Å². The predicted molar refractivity (Wildman–Crippen MR) is 103 cm³/mol. The van der Waals surface area contributed by atoms with Gasteiger partial charge in [0.2, 0.25) is 0 Å². The summed E-state index contributed by atoms with van der Waals surface area (Å²) in [6.07, 6.45) is 6.37. The summed E-state index contributed by atoms with van der Waals surface area (Å²) in [5.41, 5.74) is 3.27. The van der Waals surface area contributed by atoms with Crippen molar-refractivity contribution in [2.24, 2.45) is 0 Å². The van der Waals surface area contributed by atoms with Gasteiger partial charge in [0, 0.05) is 43.3 Å². The first-order valence-corrected chi connectivity index (χ1v) is 9.32. The Bertz CT molecular complexity index is 846. The van der Waals surface area contributed by atoms with Gasteiger partial charge in [-0.05, 0) is 37.3 Å². The van der Waals surface area contributed by atoms with Crippen molar-refractivity contribution < 1.29 is 4.74 Å². The minimum atomic E-state index is -0.0524. The van der Waals surface area contributed by atoms with Crippen LogP contribution in [0.2, 0.25) is 0 Å². The van der Waals surface area contributed by atoms with Crippen LogP contribution < -0.4 is 5.56 Å². The van der Waals surface area contributed by atoms with E-state index in [0.29, 0.717) is 12.5 Å². The molecule has 138 valence electrons. The fraction of sp³-hybridized carbons (Fsp3) is 0.429. The minimum Gasteiger partial charge on any atom is -0.381 e. The van der Waals surface area contributed by atoms with E-state index in [1.54, 1.807) is 16.8 Å². The van der Waals surface area contributed by atoms with E-state index in [-0.39, 0.29) is 5.56 Å². The van der Waals surface area contributed by atoms with Crippen molar-refractivity contribution in [2.45, 2.75) is 45.6 Å². The Hall–Kier alpha value is -2.40. The van der Waals surface area contributed by atoms with Crippen molar-refractivity contribution in [3.8, 4) is 0 Å². The standard InChI is InChI=1S/C21H27N3O2/c1-3-17-6-4-5-7-19(17)15-24-16(2)14-23-21(22-11-8-20(24)25)18-9-12-26-13-10-18/h4-8,11,14,18H,3,9-10,12-13,15H2,1-2H3,(H,22,23). The van der Waals surface area contributed by atoms with Gasteiger partial charge in [0.15, 0.2) is 0 Å². The number of hydrogen-bond acceptors (Lipinski definition) is 3. The second-order valence-electron chi connectivity index (χ2n) is 6.69. The number of nitrogens with one attached hydrogen (secondary N) is 1. The van der Waals surface area contributed by atoms with E-state index in [0.717, 1.165) is 44.0 Å². The highest BCUT2D eigenvalue weighted by Gasteiger charge is 2.16. The molecule has 0 aliphatic carbocycles. The van der Waals surface area contributed by atoms with Crippen molar-refractivity contribution in [1.29, 1.82) is 0 Å². The van der Waals surface area contributed by atoms with Crippen LogP contribution in [0.3, 0.4) is 0 Å². The summed E-state index contributed by atoms with van der Waals surface area (Å²) in [6.45, 7) is 6.18. The number of aromatic nitrogens is 3. The van der Waals surface area contributed by atoms with Crippen LogP contribution in [-0.4, -0.2) is 27.7 Å². The van der Waals surface area contributed by atoms with E-state index in [1.807, 2.05) is 25.3 Å². The summed E-state index contributed by atoms with van der Waals surface area (Å²) in [5, 5.41) is 0. The smallest absolute Gasteiger partial charge is 0.252 e. The molecule has 1 aliphatic rings. The summed E-state index contributed by atoms with van der Waals surface area (Å²) in [6, 6.07) is 9.83. The van der Waals surface area contributed by atoms with Crippen molar-refractivity contribution >= 4 is 0 Å². The third-order valence-corrected chi connectivity index (χ3v) is 4.99. The fourth-order valence-corrected chi connectivity index (χ4v) is 3.36. The molecule has 0 saturated carbocycles. The normalized spacial score (nSPS) is 14.8. The Morgan fingerprint density at radius 3 is 2.65 bits per heavy atom. The first-order chi connectivity index (χ1) is 12.7. The molecule has 3 rings (SSSR count). The maximum Gasteiger partial charge on any atom is 0.252 e. The first-order valence-electron chi connectivity index (χ1n) is 9.32. The van der Waals surface area contributed by atoms with Gasteiger partial charge in [-0.15, -0.1) is 0 Å². The molecule has 0 radical (unpaired) electrons. The lowest BCUT2D eigenvalue weighted by Crippen LogP contribution is -2.20. The van der Waals surface area contributed by atoms with E-state index in [2.05, 4.69) is 29.0 Å². The lowest BCUT2D eigenvalue weighted by molar-refractivity contribution is 0.0836. The average Bonchev–Trinajstić information content (AvgIpc) is 2.74. The van der Waals surface area contributed by atoms with Crippen LogP contribution in [0.25, 0.3) is 0 Å². The number of H-pyrrole nitrogens is 1. The monoisotopic (exact) mass is 353 g/mol. The number of hydrogen-bond donors (Lipinski definition) is 1. The molecule has 1 aliphatic heterocycles. The summed E-state index contributed by atoms with van der Waals surface area (Å²) in [5.74, 6) is 1.26. The van der Waals surface area contributed by atoms with Crippen molar-refractivity contribution in [2.75, 3.05) is 13.2 Å². The minimum absolute atomic E-state index is 0.0524. The van der Waals surface area contributed by atoms with E-state index in [1.165, 1.54) is 11.1 Å². The number of ether oxygens (including phenoxy) is 1. The second kappa shape index (κ2) is 8.81. The zero-order chi connectivity index (χ0) is 18.4. The molecule has 2 heterocycles. The van der Waals surface area contributed by atoms with Gasteiger partial charge >= 0.3 is 0 Å². The molecule has 1 aromatic carbocycles. The summed E-state index contributed by atoms with van der Waals surface area (Å²) < 4.78 is 7.23. The van der Waals surface area contributed by atoms with Gasteiger partial charge in [0.25, 0.3) is 5.56 Å². The molecule has 5 nitrogen and oxygen atoms in total. The molecular weight excluding hydrogens is 326 g/mol. The largest absolute Gasteiger partial charge is 0.381 e. The van der Waals surface area contributed by atoms with Gasteiger partial charge in [0.1, 0.15) is 5.82 Å². The molecule has 0 amide bonds. The van der Waals surface area contributed by atoms with Crippen LogP contribution in [0, 0.1) is 6.92 Å². The third-order valence-electron chi connectivity index (χ3n) is 4.99. The summed E-state index contributed by atoms with van der Waals surface area (Å²) in [4.78, 5) is 20.5. The maximum absolute atomic E-state index is 12.7. The molecule has 5 heteroatoms. The van der Waals surface area contributed by atoms with Gasteiger partial charge in [-0.3, -0.25) is 4.79 Å². The van der Waals surface area contributed by atoms with Gasteiger partial charge in [-0.2, -0.15) is 0 Å². The Morgan fingerprint density at radius 2 is 1.92 bits per heavy atom. The predicted octanol–water partition coefficient (Wildman–Crippen LogP) is 3.51. The number of aromatic amines is 1. The van der Waals surface area contributed by atoms with Crippen molar-refractivity contribution in [1.82, 2.24) is 14.5 Å². The molecule has 0 spiro atoms. The van der Waals surface area contributed by atoms with E-state index < -0.39 is 0 Å². The molecule has 1 N–H and O–H groups in total. The first kappa shape index (κ1) is 18.4. The van der Waals surface area contributed by atoms with Crippen LogP contribution >= 0.6 is 0 Å². The molecular formula is C21H27N3O2. The molecule has 1 aromatic heterocycles. The van der Waals surface area contributed by atoms with Gasteiger partial charge < -0.3 is 14.3 Å². The Balaban J connectivity index is 2.00. The van der Waals surface area contributed by atoms with E-state index in [9.17, 15) is 4.79 Å². The van der Waals surface area contributed by atoms with Gasteiger partial charge in [-0.25, -0.2) is 4.98 Å². The molecule has 0 atom stereocenters. The molecule has 1 fully saturated rings. The average molecular weight is 353 g/mol. The highest BCUT2D eigenvalue weighted by atomic mass is 16.5. The Morgan fingerprint density at radius 1 is 1.19 bits per heavy atom. The van der Waals surface area contributed by atoms with Gasteiger partial charge in [0.05, 0.1) is 6.54 Å². The number of nitrogens with zero attached hydrogens (tertiary/aromatic N) is 2. The van der Waals surface area contributed by atoms with Crippen LogP contribution in [0.5, 0.6) is 0 Å². The summed E-state index contributed by atoms with van der Waals surface area (Å²) in [7, 11) is 0. The zero-order valence-electron chi connectivity index (χ0n) is 15.6. The number of benzene rings is 1. The topological polar surface area (TPSA) is 59.9 Å². The van der Waals surface area contributed by atoms with Crippen molar-refractivity contribution in [3.05, 3.63) is 75.7 Å². The molecule has 1 saturated heterocycles. The van der Waals surface area contributed by atoms with Crippen LogP contribution in [0.4, 0.5) is 0 Å². The Kier molecular flexibility index (Phi) is 6.23. The van der Waals surface area contributed by atoms with Crippen LogP contribution in [-0.2, 0) is 17.7 Å². The molecule has 0 unspecified atom stereocenters. The number of rotatable bonds is 4. The van der Waals surface area contributed by atoms with Crippen LogP contribution in [0.15, 0.2) is 47.5 Å². The van der Waals surface area contributed by atoms with Gasteiger partial charge in [-0.1, -0.05) is 31.2 Å². The zero-order valence-corrected chi connectivity index (χ0v) is 15.6. The highest BCUT2D eigenvalue weighted by molar-refractivity contribution is 5.27. The molecule has 26 heavy (non-hydrogen) atoms. The quantitative estimate of drug-likeness (QED) is 0.915. The SMILES string of the molecule is CCc1ccccc1Cn1c(C)c[nH]c(C2CCOCC2)nccc1=O. The van der Waals surface area contributed by atoms with Crippen molar-refractivity contribution in [3.63, 3.8) is 0 Å². The highest BCUT2D eigenvalue weighted by Crippen LogP contribution is 2.22. The van der Waals surface area contributed by atoms with E-state index in [4.69, 9.17) is 4.74 Å². The van der Waals surface area contributed by atoms with E-state index >= 15 is 0 Å². The number of aryl methyl sites for hydroxylation is 2. The molecule has 2 aromatic rings. The lowest BCUT2D eigenvalue weighted by Gasteiger charge is -2.20. The Labute approximate surface area is 154 Å². The lowest BCUT2D eigenvalue weighted by atomic mass is 10.00. The summed E-state index contributed by atoms with van der Waals surface area (Å²) >= 11 is 0. The maximum atomic E-state index is 12.7. The second-order valence-corrected chi connectivity index (χ2v) is 6.69. The third kappa shape index (κ3) is 4.41. The fourth-order valence-electron chi connectivity index (χ4n) is 3.36.